The summed E-state index contributed by atoms with van der Waals surface area (Å²) in [5.74, 6) is 0.239. The number of hydrogen-bond acceptors (Lipinski definition) is 3. The first-order valence-electron chi connectivity index (χ1n) is 5.57. The molecule has 1 heterocycles. The Labute approximate surface area is 86.2 Å². The van der Waals surface area contributed by atoms with Gasteiger partial charge in [-0.2, -0.15) is 0 Å². The van der Waals surface area contributed by atoms with E-state index in [1.807, 2.05) is 0 Å². The first kappa shape index (κ1) is 5.90. The van der Waals surface area contributed by atoms with Crippen LogP contribution in [0.1, 0.15) is 4.11 Å². The third-order valence-corrected chi connectivity index (χ3v) is 2.01. The van der Waals surface area contributed by atoms with Crippen molar-refractivity contribution in [2.45, 2.75) is 0 Å². The number of carbonyl (C=O) groups is 1. The van der Waals surface area contributed by atoms with Crippen molar-refractivity contribution in [3.8, 4) is 11.5 Å². The monoisotopic (exact) mass is 196 g/mol. The van der Waals surface area contributed by atoms with Gasteiger partial charge >= 0.3 is 0 Å². The van der Waals surface area contributed by atoms with E-state index in [0.717, 1.165) is 4.90 Å². The molecule has 4 heteroatoms. The molecule has 2 rings (SSSR count). The minimum Gasteiger partial charge on any atom is -0.497 e. The number of ether oxygens (including phenoxy) is 2. The van der Waals surface area contributed by atoms with Crippen molar-refractivity contribution in [2.75, 3.05) is 25.6 Å². The molecule has 0 aromatic heterocycles. The predicted octanol–water partition coefficient (Wildman–Crippen LogP) is 1.05. The van der Waals surface area contributed by atoms with Crippen LogP contribution in [0.2, 0.25) is 0 Å². The van der Waals surface area contributed by atoms with E-state index in [1.165, 1.54) is 13.2 Å². The Balaban J connectivity index is 2.53. The highest BCUT2D eigenvalue weighted by atomic mass is 16.5. The summed E-state index contributed by atoms with van der Waals surface area (Å²) in [4.78, 5) is 12.4. The van der Waals surface area contributed by atoms with Crippen LogP contribution in [0.3, 0.4) is 0 Å². The third-order valence-electron chi connectivity index (χ3n) is 2.01. The molecule has 1 amide bonds. The second-order valence-electron chi connectivity index (χ2n) is 2.85. The van der Waals surface area contributed by atoms with E-state index in [2.05, 4.69) is 0 Å². The number of amides is 1. The van der Waals surface area contributed by atoms with Gasteiger partial charge in [-0.15, -0.1) is 0 Å². The Morgan fingerprint density at radius 2 is 2.50 bits per heavy atom. The Morgan fingerprint density at radius 1 is 1.64 bits per heavy atom. The molecule has 0 aliphatic carbocycles. The van der Waals surface area contributed by atoms with Gasteiger partial charge in [0, 0.05) is 17.2 Å². The first-order chi connectivity index (χ1) is 7.93. The highest BCUT2D eigenvalue weighted by molar-refractivity contribution is 5.97. The topological polar surface area (TPSA) is 38.8 Å². The van der Waals surface area contributed by atoms with Crippen molar-refractivity contribution in [3.63, 3.8) is 0 Å². The summed E-state index contributed by atoms with van der Waals surface area (Å²) in [6, 6.07) is 4.70. The lowest BCUT2D eigenvalue weighted by molar-refractivity contribution is -0.120. The molecule has 14 heavy (non-hydrogen) atoms. The van der Waals surface area contributed by atoms with Crippen LogP contribution in [0.5, 0.6) is 11.5 Å². The molecular formula is C10H11NO3. The quantitative estimate of drug-likeness (QED) is 0.674. The number of nitrogens with zero attached hydrogens (tertiary/aromatic N) is 1. The van der Waals surface area contributed by atoms with Crippen LogP contribution in [-0.4, -0.2) is 26.6 Å². The normalized spacial score (nSPS) is 18.8. The maximum atomic E-state index is 11.6. The Morgan fingerprint density at radius 3 is 3.21 bits per heavy atom. The second kappa shape index (κ2) is 3.21. The number of carbonyl (C=O) groups excluding carboxylic acids is 1. The SMILES string of the molecule is [2H]C([2H])([2H])N1C(=O)COc2ccc(OC)cc21. The molecule has 0 saturated heterocycles. The molecule has 1 aromatic carbocycles. The maximum absolute atomic E-state index is 11.6. The summed E-state index contributed by atoms with van der Waals surface area (Å²) < 4.78 is 32.2. The molecule has 0 saturated carbocycles. The van der Waals surface area contributed by atoms with Crippen LogP contribution >= 0.6 is 0 Å². The summed E-state index contributed by atoms with van der Waals surface area (Å²) in [7, 11) is 1.47. The lowest BCUT2D eigenvalue weighted by atomic mass is 10.2. The van der Waals surface area contributed by atoms with E-state index >= 15 is 0 Å². The van der Waals surface area contributed by atoms with Gasteiger partial charge in [0.2, 0.25) is 0 Å². The fraction of sp³-hybridized carbons (Fsp3) is 0.300. The lowest BCUT2D eigenvalue weighted by Gasteiger charge is -2.26. The average Bonchev–Trinajstić information content (AvgIpc) is 2.26. The smallest absolute Gasteiger partial charge is 0.264 e. The van der Waals surface area contributed by atoms with Gasteiger partial charge in [-0.05, 0) is 12.1 Å². The van der Waals surface area contributed by atoms with E-state index < -0.39 is 12.9 Å². The van der Waals surface area contributed by atoms with E-state index in [1.54, 1.807) is 12.1 Å². The van der Waals surface area contributed by atoms with Crippen LogP contribution < -0.4 is 14.4 Å². The molecule has 0 spiro atoms. The Hall–Kier alpha value is -1.71. The van der Waals surface area contributed by atoms with Gasteiger partial charge in [-0.3, -0.25) is 4.79 Å². The van der Waals surface area contributed by atoms with E-state index in [0.29, 0.717) is 11.5 Å². The standard InChI is InChI=1S/C10H11NO3/c1-11-8-5-7(13-2)3-4-9(8)14-6-10(11)12/h3-5H,6H2,1-2H3/i1D3. The molecule has 0 unspecified atom stereocenters. The van der Waals surface area contributed by atoms with Gasteiger partial charge in [-0.1, -0.05) is 0 Å². The molecule has 74 valence electrons. The van der Waals surface area contributed by atoms with Gasteiger partial charge in [-0.25, -0.2) is 0 Å². The molecule has 0 bridgehead atoms. The summed E-state index contributed by atoms with van der Waals surface area (Å²) in [6.45, 7) is -2.79. The number of likely N-dealkylation sites (N-methyl/N-ethyl adjacent to an activating group) is 1. The first-order valence-corrected chi connectivity index (χ1v) is 4.07. The molecule has 0 N–H and O–H groups in total. The largest absolute Gasteiger partial charge is 0.497 e. The minimum atomic E-state index is -2.53. The molecule has 1 aliphatic heterocycles. The predicted molar refractivity (Wildman–Crippen MR) is 51.9 cm³/mol. The summed E-state index contributed by atoms with van der Waals surface area (Å²) in [5.41, 5.74) is 0.209. The van der Waals surface area contributed by atoms with Crippen molar-refractivity contribution in [1.82, 2.24) is 0 Å². The van der Waals surface area contributed by atoms with Crippen molar-refractivity contribution >= 4 is 11.6 Å². The van der Waals surface area contributed by atoms with Crippen molar-refractivity contribution in [1.29, 1.82) is 0 Å². The van der Waals surface area contributed by atoms with Crippen LogP contribution in [0.4, 0.5) is 5.69 Å². The van der Waals surface area contributed by atoms with Crippen molar-refractivity contribution < 1.29 is 18.4 Å². The third kappa shape index (κ3) is 1.28. The Bertz CT molecular complexity index is 459. The number of fused-ring (bicyclic) bond motifs is 1. The zero-order valence-corrected chi connectivity index (χ0v) is 7.61. The lowest BCUT2D eigenvalue weighted by Crippen LogP contribution is -2.35. The molecular weight excluding hydrogens is 182 g/mol. The van der Waals surface area contributed by atoms with E-state index in [9.17, 15) is 4.79 Å². The number of hydrogen-bond donors (Lipinski definition) is 0. The van der Waals surface area contributed by atoms with Crippen LogP contribution in [0, 0.1) is 0 Å². The number of anilines is 1. The molecule has 0 atom stereocenters. The molecule has 0 radical (unpaired) electrons. The number of methoxy groups -OCH3 is 1. The fourth-order valence-corrected chi connectivity index (χ4v) is 1.26. The van der Waals surface area contributed by atoms with Gasteiger partial charge in [0.25, 0.3) is 5.91 Å². The molecule has 1 aliphatic rings. The van der Waals surface area contributed by atoms with Crippen molar-refractivity contribution in [2.24, 2.45) is 0 Å². The minimum absolute atomic E-state index is 0.209. The van der Waals surface area contributed by atoms with Crippen LogP contribution in [0.15, 0.2) is 18.2 Å². The fourth-order valence-electron chi connectivity index (χ4n) is 1.26. The Kier molecular flexibility index (Phi) is 1.35. The van der Waals surface area contributed by atoms with Crippen LogP contribution in [0.25, 0.3) is 0 Å². The summed E-state index contributed by atoms with van der Waals surface area (Å²) >= 11 is 0. The highest BCUT2D eigenvalue weighted by Crippen LogP contribution is 2.34. The highest BCUT2D eigenvalue weighted by Gasteiger charge is 2.22. The number of rotatable bonds is 1. The van der Waals surface area contributed by atoms with Gasteiger partial charge < -0.3 is 14.4 Å². The van der Waals surface area contributed by atoms with Crippen molar-refractivity contribution in [3.05, 3.63) is 18.2 Å². The molecule has 1 aromatic rings. The summed E-state index contributed by atoms with van der Waals surface area (Å²) in [6.07, 6.45) is 0. The average molecular weight is 196 g/mol. The van der Waals surface area contributed by atoms with Crippen LogP contribution in [-0.2, 0) is 4.79 Å². The van der Waals surface area contributed by atoms with E-state index in [-0.39, 0.29) is 12.3 Å². The maximum Gasteiger partial charge on any atom is 0.264 e. The van der Waals surface area contributed by atoms with Gasteiger partial charge in [0.05, 0.1) is 12.8 Å². The second-order valence-corrected chi connectivity index (χ2v) is 2.85. The van der Waals surface area contributed by atoms with E-state index in [4.69, 9.17) is 13.6 Å². The number of benzene rings is 1. The zero-order valence-electron chi connectivity index (χ0n) is 10.6. The van der Waals surface area contributed by atoms with Gasteiger partial charge in [0.1, 0.15) is 11.5 Å². The molecule has 0 fully saturated rings. The zero-order chi connectivity index (χ0) is 12.6. The summed E-state index contributed by atoms with van der Waals surface area (Å²) in [5, 5.41) is 0. The molecule has 4 nitrogen and oxygen atoms in total. The van der Waals surface area contributed by atoms with Gasteiger partial charge in [0.15, 0.2) is 6.61 Å².